The minimum atomic E-state index is -1.27. The highest BCUT2D eigenvalue weighted by atomic mass is 16.6. The quantitative estimate of drug-likeness (QED) is 0.132. The zero-order chi connectivity index (χ0) is 27.0. The molecule has 38 heavy (non-hydrogen) atoms. The van der Waals surface area contributed by atoms with Crippen LogP contribution < -0.4 is 16.4 Å². The summed E-state index contributed by atoms with van der Waals surface area (Å²) in [4.78, 5) is 39.4. The number of benzene rings is 1. The molecular weight excluding hydrogens is 494 g/mol. The number of piperidine rings is 2. The van der Waals surface area contributed by atoms with Gasteiger partial charge in [0.2, 0.25) is 5.91 Å². The molecule has 3 aliphatic heterocycles. The van der Waals surface area contributed by atoms with Crippen molar-refractivity contribution in [3.63, 3.8) is 0 Å². The fourth-order valence-electron chi connectivity index (χ4n) is 5.27. The number of carbonyl (C=O) groups is 3. The number of nitrogens with one attached hydrogen (secondary N) is 2. The van der Waals surface area contributed by atoms with Crippen molar-refractivity contribution in [3.8, 4) is 0 Å². The number of hydroxylamine groups is 3. The number of imide groups is 1. The molecule has 12 heteroatoms. The van der Waals surface area contributed by atoms with Crippen LogP contribution in [0.5, 0.6) is 0 Å². The van der Waals surface area contributed by atoms with Gasteiger partial charge in [-0.15, -0.1) is 0 Å². The van der Waals surface area contributed by atoms with E-state index >= 15 is 0 Å². The van der Waals surface area contributed by atoms with E-state index in [1.165, 1.54) is 0 Å². The lowest BCUT2D eigenvalue weighted by Gasteiger charge is -2.42. The van der Waals surface area contributed by atoms with Crippen LogP contribution in [-0.2, 0) is 30.3 Å². The Morgan fingerprint density at radius 1 is 1.00 bits per heavy atom. The van der Waals surface area contributed by atoms with Gasteiger partial charge in [0.15, 0.2) is 6.04 Å². The van der Waals surface area contributed by atoms with Gasteiger partial charge in [-0.1, -0.05) is 6.07 Å². The first kappa shape index (κ1) is 28.6. The number of quaternary nitrogens is 1. The van der Waals surface area contributed by atoms with Gasteiger partial charge in [-0.3, -0.25) is 19.6 Å². The Kier molecular flexibility index (Phi) is 10.2. The number of hydrogen-bond donors (Lipinski definition) is 3. The summed E-state index contributed by atoms with van der Waals surface area (Å²) < 4.78 is 15.1. The highest BCUT2D eigenvalue weighted by Crippen LogP contribution is 2.38. The normalized spacial score (nSPS) is 24.5. The molecule has 210 valence electrons. The number of nitrogens with two attached hydrogens (primary N) is 1. The van der Waals surface area contributed by atoms with Crippen LogP contribution in [0.3, 0.4) is 0 Å². The van der Waals surface area contributed by atoms with Gasteiger partial charge >= 0.3 is 5.91 Å². The lowest BCUT2D eigenvalue weighted by molar-refractivity contribution is -0.825. The Labute approximate surface area is 222 Å². The van der Waals surface area contributed by atoms with E-state index in [-0.39, 0.29) is 25.4 Å². The fourth-order valence-corrected chi connectivity index (χ4v) is 5.27. The summed E-state index contributed by atoms with van der Waals surface area (Å²) >= 11 is 0. The van der Waals surface area contributed by atoms with Gasteiger partial charge in [-0.2, -0.15) is 0 Å². The summed E-state index contributed by atoms with van der Waals surface area (Å²) in [6, 6.07) is 4.42. The number of hydrogen-bond acceptors (Lipinski definition) is 10. The summed E-state index contributed by atoms with van der Waals surface area (Å²) in [5.41, 5.74) is 7.14. The zero-order valence-corrected chi connectivity index (χ0v) is 21.8. The van der Waals surface area contributed by atoms with Crippen LogP contribution in [0.15, 0.2) is 18.2 Å². The molecule has 0 spiro atoms. The number of rotatable bonds is 14. The monoisotopic (exact) mass is 533 g/mol. The molecule has 3 aliphatic rings. The summed E-state index contributed by atoms with van der Waals surface area (Å²) in [5, 5.41) is 19.4. The van der Waals surface area contributed by atoms with E-state index in [9.17, 15) is 19.6 Å². The molecule has 2 fully saturated rings. The number of nitrogens with zero attached hydrogens (tertiary/aromatic N) is 2. The summed E-state index contributed by atoms with van der Waals surface area (Å²) in [5.74, 6) is -1.68. The maximum absolute atomic E-state index is 13.6. The molecule has 0 aromatic heterocycles. The van der Waals surface area contributed by atoms with Crippen LogP contribution in [0, 0.1) is 5.21 Å². The first-order valence-corrected chi connectivity index (χ1v) is 13.4. The number of carbonyl (C=O) groups excluding carboxylic acids is 3. The second-order valence-electron chi connectivity index (χ2n) is 9.94. The van der Waals surface area contributed by atoms with Crippen molar-refractivity contribution in [1.29, 1.82) is 0 Å². The van der Waals surface area contributed by atoms with E-state index in [0.717, 1.165) is 38.2 Å². The molecule has 3 heterocycles. The number of likely N-dealkylation sites (tertiary alicyclic amines) is 1. The van der Waals surface area contributed by atoms with Crippen LogP contribution in [0.25, 0.3) is 0 Å². The van der Waals surface area contributed by atoms with Crippen molar-refractivity contribution in [2.75, 3.05) is 71.1 Å². The predicted octanol–water partition coefficient (Wildman–Crippen LogP) is 0.345. The van der Waals surface area contributed by atoms with Crippen molar-refractivity contribution < 1.29 is 33.2 Å². The highest BCUT2D eigenvalue weighted by Gasteiger charge is 2.50. The molecule has 0 radical (unpaired) electrons. The minimum Gasteiger partial charge on any atom is -0.624 e. The van der Waals surface area contributed by atoms with Gasteiger partial charge < -0.3 is 35.4 Å². The zero-order valence-electron chi connectivity index (χ0n) is 21.8. The maximum Gasteiger partial charge on any atom is 0.347 e. The van der Waals surface area contributed by atoms with Crippen molar-refractivity contribution in [2.24, 2.45) is 5.73 Å². The third kappa shape index (κ3) is 6.94. The Bertz CT molecular complexity index is 985. The Morgan fingerprint density at radius 2 is 1.68 bits per heavy atom. The Hall–Kier alpha value is -2.45. The molecule has 4 rings (SSSR count). The van der Waals surface area contributed by atoms with E-state index < -0.39 is 28.4 Å². The predicted molar refractivity (Wildman–Crippen MR) is 139 cm³/mol. The highest BCUT2D eigenvalue weighted by molar-refractivity contribution is 6.02. The molecule has 0 saturated carbocycles. The van der Waals surface area contributed by atoms with Crippen LogP contribution in [0.1, 0.15) is 41.6 Å². The molecule has 4 N–H and O–H groups in total. The smallest absolute Gasteiger partial charge is 0.347 e. The molecule has 0 aliphatic carbocycles. The van der Waals surface area contributed by atoms with E-state index in [0.29, 0.717) is 57.3 Å². The standard InChI is InChI=1S/C26H39N5O7/c27-8-12-36-14-16-38-17-15-37-13-11-30-9-6-19(7-10-30)28-22-3-1-2-20-21(22)18-31(35,26(20)34)23-4-5-24(32)29-25(23)33/h1-3,19,23,28H,4-18,27H2,(H,29,32,33). The third-order valence-electron chi connectivity index (χ3n) is 7.36. The second-order valence-corrected chi connectivity index (χ2v) is 9.94. The van der Waals surface area contributed by atoms with Gasteiger partial charge in [0.05, 0.1) is 45.2 Å². The van der Waals surface area contributed by atoms with E-state index in [1.807, 2.05) is 6.07 Å². The average Bonchev–Trinajstić information content (AvgIpc) is 3.17. The van der Waals surface area contributed by atoms with Crippen molar-refractivity contribution >= 4 is 23.4 Å². The number of amides is 3. The number of anilines is 1. The van der Waals surface area contributed by atoms with Crippen LogP contribution in [-0.4, -0.2) is 105 Å². The summed E-state index contributed by atoms with van der Waals surface area (Å²) in [7, 11) is 0. The van der Waals surface area contributed by atoms with Crippen LogP contribution in [0.4, 0.5) is 5.69 Å². The van der Waals surface area contributed by atoms with Gasteiger partial charge in [0.25, 0.3) is 5.91 Å². The topological polar surface area (TPSA) is 155 Å². The number of fused-ring (bicyclic) bond motifs is 1. The third-order valence-corrected chi connectivity index (χ3v) is 7.36. The first-order chi connectivity index (χ1) is 18.4. The molecule has 2 saturated heterocycles. The molecule has 2 atom stereocenters. The second kappa shape index (κ2) is 13.6. The molecular formula is C26H39N5O7. The number of ether oxygens (including phenoxy) is 3. The van der Waals surface area contributed by atoms with Crippen molar-refractivity contribution in [3.05, 3.63) is 34.5 Å². The summed E-state index contributed by atoms with van der Waals surface area (Å²) in [6.45, 7) is 6.44. The SMILES string of the molecule is NCCOCCOCCOCCN1CCC(Nc2cccc3c2C[N+]([O-])(C2CCC(=O)NC2=O)C3=O)CC1. The lowest BCUT2D eigenvalue weighted by Crippen LogP contribution is -2.60. The van der Waals surface area contributed by atoms with Gasteiger partial charge in [0.1, 0.15) is 6.54 Å². The Morgan fingerprint density at radius 3 is 2.37 bits per heavy atom. The average molecular weight is 534 g/mol. The van der Waals surface area contributed by atoms with Crippen LogP contribution in [0.2, 0.25) is 0 Å². The molecule has 1 aromatic carbocycles. The van der Waals surface area contributed by atoms with Crippen LogP contribution >= 0.6 is 0 Å². The Balaban J connectivity index is 1.19. The van der Waals surface area contributed by atoms with E-state index in [4.69, 9.17) is 19.9 Å². The molecule has 12 nitrogen and oxygen atoms in total. The van der Waals surface area contributed by atoms with Crippen molar-refractivity contribution in [1.82, 2.24) is 10.2 Å². The summed E-state index contributed by atoms with van der Waals surface area (Å²) in [6.07, 6.45) is 1.99. The minimum absolute atomic E-state index is 0.0653. The first-order valence-electron chi connectivity index (χ1n) is 13.4. The van der Waals surface area contributed by atoms with E-state index in [2.05, 4.69) is 15.5 Å². The molecule has 2 unspecified atom stereocenters. The lowest BCUT2D eigenvalue weighted by atomic mass is 10.0. The largest absolute Gasteiger partial charge is 0.624 e. The van der Waals surface area contributed by atoms with Crippen molar-refractivity contribution in [2.45, 2.75) is 44.3 Å². The molecule has 3 amide bonds. The van der Waals surface area contributed by atoms with Gasteiger partial charge in [0, 0.05) is 56.3 Å². The molecule has 0 bridgehead atoms. The maximum atomic E-state index is 13.6. The fraction of sp³-hybridized carbons (Fsp3) is 0.654. The molecule has 1 aromatic rings. The van der Waals surface area contributed by atoms with Gasteiger partial charge in [-0.25, -0.2) is 4.79 Å². The van der Waals surface area contributed by atoms with E-state index in [1.54, 1.807) is 12.1 Å². The van der Waals surface area contributed by atoms with Gasteiger partial charge in [-0.05, 0) is 25.0 Å².